The number of aliphatic hydroxyl groups is 1. The predicted molar refractivity (Wildman–Crippen MR) is 134 cm³/mol. The van der Waals surface area contributed by atoms with Gasteiger partial charge in [0.2, 0.25) is 0 Å². The summed E-state index contributed by atoms with van der Waals surface area (Å²) < 4.78 is 30.1. The fourth-order valence-corrected chi connectivity index (χ4v) is 4.14. The van der Waals surface area contributed by atoms with E-state index in [1.807, 2.05) is 0 Å². The third-order valence-corrected chi connectivity index (χ3v) is 6.22. The summed E-state index contributed by atoms with van der Waals surface area (Å²) >= 11 is 0. The zero-order valence-corrected chi connectivity index (χ0v) is 21.0. The zero-order valence-electron chi connectivity index (χ0n) is 21.0. The van der Waals surface area contributed by atoms with Gasteiger partial charge in [-0.3, -0.25) is 14.3 Å². The van der Waals surface area contributed by atoms with Crippen molar-refractivity contribution in [3.8, 4) is 11.3 Å². The molecule has 37 heavy (non-hydrogen) atoms. The van der Waals surface area contributed by atoms with Crippen LogP contribution in [0.15, 0.2) is 42.7 Å². The van der Waals surface area contributed by atoms with Crippen LogP contribution in [0, 0.1) is 11.6 Å². The summed E-state index contributed by atoms with van der Waals surface area (Å²) in [5.74, 6) is -1.82. The lowest BCUT2D eigenvalue weighted by Crippen LogP contribution is -2.60. The van der Waals surface area contributed by atoms with Crippen LogP contribution in [-0.2, 0) is 18.3 Å². The second-order valence-corrected chi connectivity index (χ2v) is 9.63. The summed E-state index contributed by atoms with van der Waals surface area (Å²) in [7, 11) is 1.70. The van der Waals surface area contributed by atoms with E-state index in [2.05, 4.69) is 20.7 Å². The van der Waals surface area contributed by atoms with E-state index in [1.54, 1.807) is 25.4 Å². The minimum atomic E-state index is -1.50. The third-order valence-electron chi connectivity index (χ3n) is 6.22. The van der Waals surface area contributed by atoms with Crippen LogP contribution in [0.4, 0.5) is 14.6 Å². The van der Waals surface area contributed by atoms with Crippen molar-refractivity contribution in [2.45, 2.75) is 38.3 Å². The van der Waals surface area contributed by atoms with Crippen molar-refractivity contribution in [1.29, 1.82) is 0 Å². The van der Waals surface area contributed by atoms with Gasteiger partial charge in [-0.1, -0.05) is 12.1 Å². The van der Waals surface area contributed by atoms with E-state index in [1.165, 1.54) is 41.8 Å². The highest BCUT2D eigenvalue weighted by molar-refractivity contribution is 5.99. The number of halogens is 2. The number of hydrogen-bond donors (Lipinski definition) is 3. The molecule has 0 bridgehead atoms. The van der Waals surface area contributed by atoms with Crippen molar-refractivity contribution in [3.63, 3.8) is 0 Å². The van der Waals surface area contributed by atoms with Gasteiger partial charge >= 0.3 is 0 Å². The highest BCUT2D eigenvalue weighted by Gasteiger charge is 2.39. The highest BCUT2D eigenvalue weighted by atomic mass is 19.1. The standard InChI is InChI=1S/C26H30F2N6O3/c1-26(2,37)25(36)34-10-8-19(34)14-30-24(35)20-12-21(28)22(17-13-31-33(3)15-17)32-23(20)29-9-7-16-5-4-6-18(27)11-16/h4-6,11-13,15,19,37H,7-10,14H2,1-3H3,(H,29,32)(H,30,35)/t19-/m1/s1. The molecule has 1 aliphatic rings. The van der Waals surface area contributed by atoms with Gasteiger partial charge < -0.3 is 20.6 Å². The lowest BCUT2D eigenvalue weighted by Gasteiger charge is -2.43. The Morgan fingerprint density at radius 2 is 2.03 bits per heavy atom. The second-order valence-electron chi connectivity index (χ2n) is 9.63. The van der Waals surface area contributed by atoms with Crippen LogP contribution in [0.2, 0.25) is 0 Å². The Labute approximate surface area is 213 Å². The SMILES string of the molecule is Cn1cc(-c2nc(NCCc3cccc(F)c3)c(C(=O)NC[C@H]3CCN3C(=O)C(C)(C)O)cc2F)cn1. The number of amides is 2. The fraction of sp³-hybridized carbons (Fsp3) is 0.385. The van der Waals surface area contributed by atoms with E-state index in [9.17, 15) is 19.1 Å². The molecule has 1 aliphatic heterocycles. The van der Waals surface area contributed by atoms with Crippen LogP contribution >= 0.6 is 0 Å². The van der Waals surface area contributed by atoms with Crippen LogP contribution < -0.4 is 10.6 Å². The molecule has 1 saturated heterocycles. The molecule has 1 atom stereocenters. The van der Waals surface area contributed by atoms with Crippen molar-refractivity contribution in [2.75, 3.05) is 25.0 Å². The number of benzene rings is 1. The van der Waals surface area contributed by atoms with Crippen LogP contribution in [0.25, 0.3) is 11.3 Å². The molecule has 9 nitrogen and oxygen atoms in total. The number of anilines is 1. The first-order chi connectivity index (χ1) is 17.5. The average molecular weight is 513 g/mol. The maximum absolute atomic E-state index is 15.1. The van der Waals surface area contributed by atoms with E-state index in [0.29, 0.717) is 31.5 Å². The van der Waals surface area contributed by atoms with E-state index in [4.69, 9.17) is 0 Å². The first-order valence-corrected chi connectivity index (χ1v) is 12.0. The lowest BCUT2D eigenvalue weighted by atomic mass is 9.98. The monoisotopic (exact) mass is 512 g/mol. The molecule has 11 heteroatoms. The van der Waals surface area contributed by atoms with E-state index < -0.39 is 23.2 Å². The topological polar surface area (TPSA) is 112 Å². The summed E-state index contributed by atoms with van der Waals surface area (Å²) in [5.41, 5.74) is -0.246. The molecule has 3 aromatic rings. The number of aromatic nitrogens is 3. The Morgan fingerprint density at radius 3 is 2.65 bits per heavy atom. The molecule has 0 radical (unpaired) electrons. The quantitative estimate of drug-likeness (QED) is 0.406. The molecular weight excluding hydrogens is 482 g/mol. The number of nitrogens with one attached hydrogen (secondary N) is 2. The van der Waals surface area contributed by atoms with Crippen molar-refractivity contribution < 1.29 is 23.5 Å². The Hall–Kier alpha value is -3.86. The molecule has 1 aromatic carbocycles. The number of nitrogens with zero attached hydrogens (tertiary/aromatic N) is 4. The number of pyridine rings is 1. The van der Waals surface area contributed by atoms with E-state index >= 15 is 4.39 Å². The Balaban J connectivity index is 1.51. The zero-order chi connectivity index (χ0) is 26.7. The number of rotatable bonds is 9. The minimum absolute atomic E-state index is 0.00377. The molecule has 2 aromatic heterocycles. The van der Waals surface area contributed by atoms with Crippen LogP contribution in [0.3, 0.4) is 0 Å². The van der Waals surface area contributed by atoms with Crippen molar-refractivity contribution in [1.82, 2.24) is 25.0 Å². The maximum atomic E-state index is 15.1. The molecule has 2 amide bonds. The second kappa shape index (κ2) is 10.6. The third kappa shape index (κ3) is 6.11. The number of aryl methyl sites for hydroxylation is 1. The Bertz CT molecular complexity index is 1300. The summed E-state index contributed by atoms with van der Waals surface area (Å²) in [5, 5.41) is 19.9. The van der Waals surface area contributed by atoms with Crippen molar-refractivity contribution >= 4 is 17.6 Å². The first kappa shape index (κ1) is 26.2. The molecule has 196 valence electrons. The van der Waals surface area contributed by atoms with Gasteiger partial charge in [-0.25, -0.2) is 13.8 Å². The van der Waals surface area contributed by atoms with Gasteiger partial charge in [0.25, 0.3) is 11.8 Å². The largest absolute Gasteiger partial charge is 0.381 e. The van der Waals surface area contributed by atoms with Gasteiger partial charge in [0.1, 0.15) is 22.9 Å². The van der Waals surface area contributed by atoms with Crippen LogP contribution in [0.1, 0.15) is 36.2 Å². The molecule has 3 heterocycles. The molecule has 0 spiro atoms. The molecule has 0 unspecified atom stereocenters. The van der Waals surface area contributed by atoms with Gasteiger partial charge in [0.05, 0.1) is 17.8 Å². The van der Waals surface area contributed by atoms with Gasteiger partial charge in [0, 0.05) is 38.4 Å². The van der Waals surface area contributed by atoms with E-state index in [0.717, 1.165) is 11.6 Å². The van der Waals surface area contributed by atoms with Gasteiger partial charge in [0.15, 0.2) is 5.82 Å². The maximum Gasteiger partial charge on any atom is 0.255 e. The summed E-state index contributed by atoms with van der Waals surface area (Å²) in [4.78, 5) is 31.4. The van der Waals surface area contributed by atoms with Gasteiger partial charge in [-0.05, 0) is 50.5 Å². The minimum Gasteiger partial charge on any atom is -0.381 e. The Morgan fingerprint density at radius 1 is 1.24 bits per heavy atom. The van der Waals surface area contributed by atoms with E-state index in [-0.39, 0.29) is 35.5 Å². The number of carbonyl (C=O) groups is 2. The van der Waals surface area contributed by atoms with Crippen molar-refractivity contribution in [2.24, 2.45) is 7.05 Å². The predicted octanol–water partition coefficient (Wildman–Crippen LogP) is 2.52. The smallest absolute Gasteiger partial charge is 0.255 e. The molecular formula is C26H30F2N6O3. The fourth-order valence-electron chi connectivity index (χ4n) is 4.14. The highest BCUT2D eigenvalue weighted by Crippen LogP contribution is 2.26. The molecule has 3 N–H and O–H groups in total. The summed E-state index contributed by atoms with van der Waals surface area (Å²) in [6, 6.07) is 7.05. The first-order valence-electron chi connectivity index (χ1n) is 12.0. The Kier molecular flexibility index (Phi) is 7.53. The molecule has 1 fully saturated rings. The van der Waals surface area contributed by atoms with Crippen LogP contribution in [0.5, 0.6) is 0 Å². The van der Waals surface area contributed by atoms with Gasteiger partial charge in [-0.15, -0.1) is 0 Å². The normalized spacial score (nSPS) is 15.3. The number of carbonyl (C=O) groups excluding carboxylic acids is 2. The number of likely N-dealkylation sites (tertiary alicyclic amines) is 1. The summed E-state index contributed by atoms with van der Waals surface area (Å²) in [6.07, 6.45) is 4.22. The van der Waals surface area contributed by atoms with Crippen LogP contribution in [-0.4, -0.2) is 67.9 Å². The molecule has 4 rings (SSSR count). The average Bonchev–Trinajstić information content (AvgIpc) is 3.24. The van der Waals surface area contributed by atoms with Crippen molar-refractivity contribution in [3.05, 3.63) is 65.5 Å². The molecule has 0 saturated carbocycles. The van der Waals surface area contributed by atoms with Gasteiger partial charge in [-0.2, -0.15) is 5.10 Å². The molecule has 0 aliphatic carbocycles. The summed E-state index contributed by atoms with van der Waals surface area (Å²) in [6.45, 7) is 3.81. The lowest BCUT2D eigenvalue weighted by molar-refractivity contribution is -0.155. The number of hydrogen-bond acceptors (Lipinski definition) is 6.